The van der Waals surface area contributed by atoms with E-state index in [0.717, 1.165) is 19.5 Å². The van der Waals surface area contributed by atoms with Crippen LogP contribution in [0.5, 0.6) is 0 Å². The Morgan fingerprint density at radius 2 is 2.12 bits per heavy atom. The number of nitrogens with two attached hydrogens (primary N) is 1. The number of benzene rings is 1. The summed E-state index contributed by atoms with van der Waals surface area (Å²) in [7, 11) is 0. The summed E-state index contributed by atoms with van der Waals surface area (Å²) in [5, 5.41) is 3.35. The van der Waals surface area contributed by atoms with Gasteiger partial charge in [-0.25, -0.2) is 0 Å². The highest BCUT2D eigenvalue weighted by atomic mass is 32.1. The first-order valence-corrected chi connectivity index (χ1v) is 6.60. The quantitative estimate of drug-likeness (QED) is 0.818. The van der Waals surface area contributed by atoms with Crippen LogP contribution in [0.25, 0.3) is 0 Å². The predicted molar refractivity (Wildman–Crippen MR) is 71.9 cm³/mol. The Hall–Kier alpha value is -1.23. The van der Waals surface area contributed by atoms with Crippen molar-refractivity contribution in [1.29, 1.82) is 0 Å². The maximum Gasteiger partial charge on any atom is 0.0794 e. The van der Waals surface area contributed by atoms with E-state index in [1.165, 1.54) is 10.4 Å². The molecule has 90 valence electrons. The van der Waals surface area contributed by atoms with Crippen molar-refractivity contribution in [2.45, 2.75) is 19.0 Å². The largest absolute Gasteiger partial charge is 0.326 e. The van der Waals surface area contributed by atoms with Crippen LogP contribution >= 0.6 is 11.3 Å². The van der Waals surface area contributed by atoms with Crippen molar-refractivity contribution in [1.82, 2.24) is 10.3 Å². The van der Waals surface area contributed by atoms with Crippen molar-refractivity contribution in [3.8, 4) is 0 Å². The predicted octanol–water partition coefficient (Wildman–Crippen LogP) is 1.80. The standard InChI is InChI=1S/C13H17N3S/c14-12(6-11-4-2-1-3-5-11)7-15-8-13-9-16-10-17-13/h1-5,9-10,12,15H,6-8,14H2. The molecule has 4 heteroatoms. The van der Waals surface area contributed by atoms with Crippen molar-refractivity contribution in [3.63, 3.8) is 0 Å². The lowest BCUT2D eigenvalue weighted by molar-refractivity contribution is 0.575. The van der Waals surface area contributed by atoms with Crippen molar-refractivity contribution >= 4 is 11.3 Å². The fourth-order valence-corrected chi connectivity index (χ4v) is 2.26. The number of hydrogen-bond donors (Lipinski definition) is 2. The number of nitrogens with one attached hydrogen (secondary N) is 1. The van der Waals surface area contributed by atoms with Crippen molar-refractivity contribution in [2.24, 2.45) is 5.73 Å². The SMILES string of the molecule is NC(CNCc1cncs1)Cc1ccccc1. The van der Waals surface area contributed by atoms with E-state index in [-0.39, 0.29) is 6.04 Å². The second-order valence-electron chi connectivity index (χ2n) is 4.05. The van der Waals surface area contributed by atoms with E-state index in [1.807, 2.05) is 29.9 Å². The molecule has 2 rings (SSSR count). The van der Waals surface area contributed by atoms with Crippen LogP contribution < -0.4 is 11.1 Å². The minimum Gasteiger partial charge on any atom is -0.326 e. The number of nitrogens with zero attached hydrogens (tertiary/aromatic N) is 1. The molecule has 17 heavy (non-hydrogen) atoms. The normalized spacial score (nSPS) is 12.5. The summed E-state index contributed by atoms with van der Waals surface area (Å²) in [5.41, 5.74) is 9.21. The van der Waals surface area contributed by atoms with Crippen LogP contribution in [-0.4, -0.2) is 17.6 Å². The number of hydrogen-bond acceptors (Lipinski definition) is 4. The van der Waals surface area contributed by atoms with Gasteiger partial charge in [0.05, 0.1) is 5.51 Å². The summed E-state index contributed by atoms with van der Waals surface area (Å²) in [5.74, 6) is 0. The lowest BCUT2D eigenvalue weighted by Crippen LogP contribution is -2.35. The van der Waals surface area contributed by atoms with E-state index in [4.69, 9.17) is 5.73 Å². The zero-order valence-corrected chi connectivity index (χ0v) is 10.5. The molecule has 0 radical (unpaired) electrons. The van der Waals surface area contributed by atoms with Crippen LogP contribution in [0.1, 0.15) is 10.4 Å². The van der Waals surface area contributed by atoms with E-state index in [1.54, 1.807) is 11.3 Å². The molecule has 0 amide bonds. The summed E-state index contributed by atoms with van der Waals surface area (Å²) in [4.78, 5) is 5.28. The summed E-state index contributed by atoms with van der Waals surface area (Å²) in [6, 6.07) is 10.5. The zero-order chi connectivity index (χ0) is 11.9. The molecule has 0 spiro atoms. The lowest BCUT2D eigenvalue weighted by Gasteiger charge is -2.12. The van der Waals surface area contributed by atoms with Gasteiger partial charge >= 0.3 is 0 Å². The molecule has 0 aliphatic carbocycles. The third-order valence-corrected chi connectivity index (χ3v) is 3.31. The summed E-state index contributed by atoms with van der Waals surface area (Å²) < 4.78 is 0. The molecule has 3 nitrogen and oxygen atoms in total. The Kier molecular flexibility index (Phi) is 4.67. The molecule has 1 aromatic carbocycles. The Morgan fingerprint density at radius 1 is 1.29 bits per heavy atom. The summed E-state index contributed by atoms with van der Waals surface area (Å²) >= 11 is 1.66. The van der Waals surface area contributed by atoms with Crippen LogP contribution in [-0.2, 0) is 13.0 Å². The highest BCUT2D eigenvalue weighted by Crippen LogP contribution is 2.05. The minimum atomic E-state index is 0.158. The van der Waals surface area contributed by atoms with E-state index >= 15 is 0 Å². The molecular formula is C13H17N3S. The van der Waals surface area contributed by atoms with Gasteiger partial charge in [-0.05, 0) is 12.0 Å². The molecule has 3 N–H and O–H groups in total. The van der Waals surface area contributed by atoms with E-state index in [0.29, 0.717) is 0 Å². The average molecular weight is 247 g/mol. The monoisotopic (exact) mass is 247 g/mol. The third-order valence-electron chi connectivity index (χ3n) is 2.53. The molecule has 1 heterocycles. The molecular weight excluding hydrogens is 230 g/mol. The maximum atomic E-state index is 6.07. The topological polar surface area (TPSA) is 50.9 Å². The highest BCUT2D eigenvalue weighted by molar-refractivity contribution is 7.09. The van der Waals surface area contributed by atoms with E-state index < -0.39 is 0 Å². The van der Waals surface area contributed by atoms with Crippen molar-refractivity contribution in [2.75, 3.05) is 6.54 Å². The van der Waals surface area contributed by atoms with Crippen LogP contribution in [0.15, 0.2) is 42.0 Å². The molecule has 1 aromatic heterocycles. The minimum absolute atomic E-state index is 0.158. The molecule has 0 aliphatic heterocycles. The Balaban J connectivity index is 1.69. The van der Waals surface area contributed by atoms with Gasteiger partial charge in [0, 0.05) is 30.2 Å². The first-order chi connectivity index (χ1) is 8.34. The molecule has 0 saturated carbocycles. The molecule has 1 unspecified atom stereocenters. The van der Waals surface area contributed by atoms with Gasteiger partial charge in [-0.3, -0.25) is 4.98 Å². The Labute approximate surface area is 106 Å². The molecule has 1 atom stereocenters. The van der Waals surface area contributed by atoms with E-state index in [9.17, 15) is 0 Å². The molecule has 0 saturated heterocycles. The number of rotatable bonds is 6. The maximum absolute atomic E-state index is 6.07. The molecule has 0 fully saturated rings. The first kappa shape index (κ1) is 12.2. The average Bonchev–Trinajstić information content (AvgIpc) is 2.83. The first-order valence-electron chi connectivity index (χ1n) is 5.72. The number of aromatic nitrogens is 1. The van der Waals surface area contributed by atoms with Gasteiger partial charge in [0.1, 0.15) is 0 Å². The van der Waals surface area contributed by atoms with Gasteiger partial charge in [0.15, 0.2) is 0 Å². The third kappa shape index (κ3) is 4.26. The summed E-state index contributed by atoms with van der Waals surface area (Å²) in [6.07, 6.45) is 2.80. The van der Waals surface area contributed by atoms with Gasteiger partial charge in [-0.2, -0.15) is 0 Å². The molecule has 0 aliphatic rings. The Morgan fingerprint density at radius 3 is 2.82 bits per heavy atom. The van der Waals surface area contributed by atoms with Gasteiger partial charge in [0.2, 0.25) is 0 Å². The Bertz CT molecular complexity index is 413. The zero-order valence-electron chi connectivity index (χ0n) is 9.67. The van der Waals surface area contributed by atoms with Crippen molar-refractivity contribution < 1.29 is 0 Å². The van der Waals surface area contributed by atoms with E-state index in [2.05, 4.69) is 22.4 Å². The summed E-state index contributed by atoms with van der Waals surface area (Å²) in [6.45, 7) is 1.68. The number of thiazole rings is 1. The molecule has 2 aromatic rings. The van der Waals surface area contributed by atoms with Crippen LogP contribution in [0.4, 0.5) is 0 Å². The fourth-order valence-electron chi connectivity index (χ4n) is 1.70. The van der Waals surface area contributed by atoms with Crippen molar-refractivity contribution in [3.05, 3.63) is 52.5 Å². The highest BCUT2D eigenvalue weighted by Gasteiger charge is 2.03. The van der Waals surface area contributed by atoms with Crippen LogP contribution in [0.2, 0.25) is 0 Å². The van der Waals surface area contributed by atoms with Gasteiger partial charge in [-0.1, -0.05) is 30.3 Å². The van der Waals surface area contributed by atoms with Gasteiger partial charge in [0.25, 0.3) is 0 Å². The van der Waals surface area contributed by atoms with Crippen LogP contribution in [0, 0.1) is 0 Å². The second kappa shape index (κ2) is 6.49. The second-order valence-corrected chi connectivity index (χ2v) is 5.02. The lowest BCUT2D eigenvalue weighted by atomic mass is 10.1. The smallest absolute Gasteiger partial charge is 0.0794 e. The van der Waals surface area contributed by atoms with Gasteiger partial charge in [-0.15, -0.1) is 11.3 Å². The molecule has 0 bridgehead atoms. The fraction of sp³-hybridized carbons (Fsp3) is 0.308. The van der Waals surface area contributed by atoms with Crippen LogP contribution in [0.3, 0.4) is 0 Å². The van der Waals surface area contributed by atoms with Gasteiger partial charge < -0.3 is 11.1 Å².